The minimum atomic E-state index is -0.0733. The summed E-state index contributed by atoms with van der Waals surface area (Å²) in [4.78, 5) is 24.1. The topological polar surface area (TPSA) is 64.1 Å². The van der Waals surface area contributed by atoms with E-state index in [-0.39, 0.29) is 5.91 Å². The lowest BCUT2D eigenvalue weighted by molar-refractivity contribution is -0.113. The molecule has 2 aromatic heterocycles. The maximum Gasteiger partial charge on any atom is 0.234 e. The zero-order chi connectivity index (χ0) is 18.1. The van der Waals surface area contributed by atoms with Crippen molar-refractivity contribution in [3.05, 3.63) is 40.5 Å². The molecule has 0 fully saturated rings. The van der Waals surface area contributed by atoms with Gasteiger partial charge in [0.15, 0.2) is 0 Å². The number of aromatic nitrogens is 2. The number of hydrogen-bond acceptors (Lipinski definition) is 6. The molecule has 3 aromatic rings. The van der Waals surface area contributed by atoms with E-state index in [2.05, 4.69) is 15.3 Å². The summed E-state index contributed by atoms with van der Waals surface area (Å²) in [6, 6.07) is 7.41. The highest BCUT2D eigenvalue weighted by Crippen LogP contribution is 2.40. The van der Waals surface area contributed by atoms with E-state index in [1.54, 1.807) is 18.4 Å². The van der Waals surface area contributed by atoms with Gasteiger partial charge in [0, 0.05) is 10.3 Å². The Morgan fingerprint density at radius 2 is 2.15 bits per heavy atom. The molecule has 0 bridgehead atoms. The van der Waals surface area contributed by atoms with Gasteiger partial charge in [-0.1, -0.05) is 23.9 Å². The molecule has 1 N–H and O–H groups in total. The first-order chi connectivity index (χ1) is 12.7. The molecule has 1 aromatic carbocycles. The molecule has 0 saturated carbocycles. The number of benzene rings is 1. The zero-order valence-electron chi connectivity index (χ0n) is 14.7. The molecule has 5 nitrogen and oxygen atoms in total. The summed E-state index contributed by atoms with van der Waals surface area (Å²) in [7, 11) is 1.59. The van der Waals surface area contributed by atoms with Gasteiger partial charge in [0.05, 0.1) is 18.6 Å². The lowest BCUT2D eigenvalue weighted by atomic mass is 10.2. The number of thioether (sulfide) groups is 1. The molecule has 0 radical (unpaired) electrons. The van der Waals surface area contributed by atoms with Crippen LogP contribution in [0.15, 0.2) is 29.3 Å². The van der Waals surface area contributed by atoms with E-state index in [1.807, 2.05) is 31.2 Å². The second-order valence-electron chi connectivity index (χ2n) is 6.15. The Morgan fingerprint density at radius 1 is 1.31 bits per heavy atom. The lowest BCUT2D eigenvalue weighted by Crippen LogP contribution is -2.14. The Bertz CT molecular complexity index is 984. The lowest BCUT2D eigenvalue weighted by Gasteiger charge is -2.10. The average Bonchev–Trinajstić information content (AvgIpc) is 3.20. The number of methoxy groups -OCH3 is 1. The minimum Gasteiger partial charge on any atom is -0.495 e. The third kappa shape index (κ3) is 3.29. The summed E-state index contributed by atoms with van der Waals surface area (Å²) in [6.45, 7) is 1.91. The number of hydrogen-bond donors (Lipinski definition) is 1. The number of nitrogens with one attached hydrogen (secondary N) is 1. The van der Waals surface area contributed by atoms with Gasteiger partial charge in [-0.3, -0.25) is 4.79 Å². The van der Waals surface area contributed by atoms with Gasteiger partial charge in [0.2, 0.25) is 5.91 Å². The van der Waals surface area contributed by atoms with Crippen molar-refractivity contribution in [2.75, 3.05) is 18.2 Å². The Morgan fingerprint density at radius 3 is 3.00 bits per heavy atom. The smallest absolute Gasteiger partial charge is 0.234 e. The first-order valence-corrected chi connectivity index (χ1v) is 10.3. The molecule has 2 heterocycles. The van der Waals surface area contributed by atoms with Crippen LogP contribution in [0.3, 0.4) is 0 Å². The van der Waals surface area contributed by atoms with E-state index in [0.717, 1.165) is 33.9 Å². The van der Waals surface area contributed by atoms with E-state index in [0.29, 0.717) is 17.2 Å². The van der Waals surface area contributed by atoms with Gasteiger partial charge in [0.1, 0.15) is 21.4 Å². The number of fused-ring (bicyclic) bond motifs is 3. The maximum absolute atomic E-state index is 12.4. The number of ether oxygens (including phenoxy) is 1. The summed E-state index contributed by atoms with van der Waals surface area (Å²) in [5, 5.41) is 4.99. The van der Waals surface area contributed by atoms with Crippen molar-refractivity contribution < 1.29 is 9.53 Å². The van der Waals surface area contributed by atoms with Gasteiger partial charge in [-0.25, -0.2) is 9.97 Å². The van der Waals surface area contributed by atoms with Crippen LogP contribution in [0.4, 0.5) is 5.69 Å². The molecule has 1 aliphatic rings. The van der Waals surface area contributed by atoms with Crippen LogP contribution in [0.1, 0.15) is 22.7 Å². The Labute approximate surface area is 160 Å². The van der Waals surface area contributed by atoms with Crippen molar-refractivity contribution in [2.45, 2.75) is 31.2 Å². The van der Waals surface area contributed by atoms with Crippen molar-refractivity contribution in [3.8, 4) is 5.75 Å². The largest absolute Gasteiger partial charge is 0.495 e. The molecular weight excluding hydrogens is 366 g/mol. The molecular formula is C19H19N3O2S2. The maximum atomic E-state index is 12.4. The van der Waals surface area contributed by atoms with Gasteiger partial charge in [0.25, 0.3) is 0 Å². The summed E-state index contributed by atoms with van der Waals surface area (Å²) in [5.41, 5.74) is 2.07. The van der Waals surface area contributed by atoms with E-state index >= 15 is 0 Å². The van der Waals surface area contributed by atoms with Crippen molar-refractivity contribution in [2.24, 2.45) is 0 Å². The average molecular weight is 386 g/mol. The molecule has 1 aliphatic carbocycles. The summed E-state index contributed by atoms with van der Waals surface area (Å²) >= 11 is 3.25. The fraction of sp³-hybridized carbons (Fsp3) is 0.316. The van der Waals surface area contributed by atoms with Crippen LogP contribution in [-0.2, 0) is 17.6 Å². The number of anilines is 1. The first kappa shape index (κ1) is 17.3. The Kier molecular flexibility index (Phi) is 4.82. The highest BCUT2D eigenvalue weighted by atomic mass is 32.2. The number of para-hydroxylation sites is 2. The molecule has 0 spiro atoms. The quantitative estimate of drug-likeness (QED) is 0.526. The van der Waals surface area contributed by atoms with Crippen molar-refractivity contribution in [1.82, 2.24) is 9.97 Å². The molecule has 1 amide bonds. The molecule has 0 atom stereocenters. The van der Waals surface area contributed by atoms with Crippen LogP contribution in [0, 0.1) is 6.92 Å². The molecule has 7 heteroatoms. The number of rotatable bonds is 5. The van der Waals surface area contributed by atoms with Crippen LogP contribution in [-0.4, -0.2) is 28.7 Å². The van der Waals surface area contributed by atoms with Crippen LogP contribution in [0.25, 0.3) is 10.2 Å². The Balaban J connectivity index is 1.53. The highest BCUT2D eigenvalue weighted by Gasteiger charge is 2.22. The van der Waals surface area contributed by atoms with Gasteiger partial charge in [-0.15, -0.1) is 11.3 Å². The van der Waals surface area contributed by atoms with Gasteiger partial charge in [-0.05, 0) is 43.9 Å². The van der Waals surface area contributed by atoms with Gasteiger partial charge < -0.3 is 10.1 Å². The normalized spacial score (nSPS) is 13.0. The van der Waals surface area contributed by atoms with Crippen LogP contribution in [0.2, 0.25) is 0 Å². The molecule has 0 saturated heterocycles. The molecule has 0 aliphatic heterocycles. The molecule has 4 rings (SSSR count). The van der Waals surface area contributed by atoms with E-state index < -0.39 is 0 Å². The fourth-order valence-corrected chi connectivity index (χ4v) is 5.51. The van der Waals surface area contributed by atoms with Crippen molar-refractivity contribution in [3.63, 3.8) is 0 Å². The van der Waals surface area contributed by atoms with Crippen LogP contribution < -0.4 is 10.1 Å². The van der Waals surface area contributed by atoms with Crippen LogP contribution >= 0.6 is 23.1 Å². The summed E-state index contributed by atoms with van der Waals surface area (Å²) in [5.74, 6) is 1.64. The second-order valence-corrected chi connectivity index (χ2v) is 8.20. The van der Waals surface area contributed by atoms with E-state index in [4.69, 9.17) is 4.74 Å². The monoisotopic (exact) mass is 385 g/mol. The zero-order valence-corrected chi connectivity index (χ0v) is 16.3. The van der Waals surface area contributed by atoms with Crippen LogP contribution in [0.5, 0.6) is 5.75 Å². The predicted octanol–water partition coefficient (Wildman–Crippen LogP) is 4.23. The SMILES string of the molecule is COc1ccccc1NC(=O)CSc1nc(C)nc2sc3c(c12)CCC3. The number of aryl methyl sites for hydroxylation is 3. The third-order valence-electron chi connectivity index (χ3n) is 4.36. The summed E-state index contributed by atoms with van der Waals surface area (Å²) < 4.78 is 5.28. The first-order valence-electron chi connectivity index (χ1n) is 8.50. The minimum absolute atomic E-state index is 0.0733. The van der Waals surface area contributed by atoms with Gasteiger partial charge in [-0.2, -0.15) is 0 Å². The Hall–Kier alpha value is -2.12. The number of nitrogens with zero attached hydrogens (tertiary/aromatic N) is 2. The van der Waals surface area contributed by atoms with E-state index in [1.165, 1.54) is 28.6 Å². The highest BCUT2D eigenvalue weighted by molar-refractivity contribution is 8.00. The number of carbonyl (C=O) groups is 1. The molecule has 26 heavy (non-hydrogen) atoms. The molecule has 0 unspecified atom stereocenters. The summed E-state index contributed by atoms with van der Waals surface area (Å²) in [6.07, 6.45) is 3.42. The number of amides is 1. The van der Waals surface area contributed by atoms with Crippen molar-refractivity contribution in [1.29, 1.82) is 0 Å². The second kappa shape index (κ2) is 7.25. The molecule has 134 valence electrons. The number of carbonyl (C=O) groups excluding carboxylic acids is 1. The third-order valence-corrected chi connectivity index (χ3v) is 6.53. The van der Waals surface area contributed by atoms with E-state index in [9.17, 15) is 4.79 Å². The standard InChI is InChI=1S/C19H19N3O2S2/c1-11-20-18(17-12-6-5-9-15(12)26-19(17)21-11)25-10-16(23)22-13-7-3-4-8-14(13)24-2/h3-4,7-8H,5-6,9-10H2,1-2H3,(H,22,23). The fourth-order valence-electron chi connectivity index (χ4n) is 3.24. The number of thiophene rings is 1. The van der Waals surface area contributed by atoms with Crippen molar-refractivity contribution >= 4 is 44.9 Å². The van der Waals surface area contributed by atoms with Gasteiger partial charge >= 0.3 is 0 Å². The predicted molar refractivity (Wildman–Crippen MR) is 107 cm³/mol.